The lowest BCUT2D eigenvalue weighted by atomic mass is 10.2. The van der Waals surface area contributed by atoms with Crippen LogP contribution in [0.2, 0.25) is 0 Å². The second-order valence-electron chi connectivity index (χ2n) is 3.92. The Hall–Kier alpha value is -1.36. The number of rotatable bonds is 4. The van der Waals surface area contributed by atoms with E-state index < -0.39 is 0 Å². The van der Waals surface area contributed by atoms with Gasteiger partial charge in [-0.2, -0.15) is 0 Å². The summed E-state index contributed by atoms with van der Waals surface area (Å²) in [5.74, 6) is 0.367. The molecule has 0 aliphatic heterocycles. The van der Waals surface area contributed by atoms with Crippen LogP contribution in [0.25, 0.3) is 0 Å². The Bertz CT molecular complexity index is 431. The predicted molar refractivity (Wildman–Crippen MR) is 58.9 cm³/mol. The van der Waals surface area contributed by atoms with Crippen LogP contribution in [-0.2, 0) is 13.1 Å². The summed E-state index contributed by atoms with van der Waals surface area (Å²) in [5, 5.41) is 0. The van der Waals surface area contributed by atoms with Gasteiger partial charge in [0.1, 0.15) is 0 Å². The van der Waals surface area contributed by atoms with Gasteiger partial charge in [0.2, 0.25) is 0 Å². The molecule has 0 aliphatic rings. The predicted octanol–water partition coefficient (Wildman–Crippen LogP) is -0.375. The highest BCUT2D eigenvalue weighted by Crippen LogP contribution is 1.94. The minimum Gasteiger partial charge on any atom is -0.329 e. The van der Waals surface area contributed by atoms with Crippen LogP contribution in [0.5, 0.6) is 0 Å². The third-order valence-electron chi connectivity index (χ3n) is 2.05. The monoisotopic (exact) mass is 211 g/mol. The van der Waals surface area contributed by atoms with Crippen LogP contribution in [-0.4, -0.2) is 15.7 Å². The van der Waals surface area contributed by atoms with Gasteiger partial charge in [0.25, 0.3) is 5.56 Å². The minimum absolute atomic E-state index is 0.274. The van der Waals surface area contributed by atoms with E-state index in [1.807, 2.05) is 13.8 Å². The van der Waals surface area contributed by atoms with Crippen LogP contribution in [0.1, 0.15) is 13.8 Å². The molecule has 0 fully saturated rings. The lowest BCUT2D eigenvalue weighted by molar-refractivity contribution is 0.475. The Balaban J connectivity index is 3.17. The molecule has 0 atom stereocenters. The molecule has 0 aliphatic carbocycles. The molecule has 15 heavy (non-hydrogen) atoms. The van der Waals surface area contributed by atoms with Crippen molar-refractivity contribution in [1.29, 1.82) is 0 Å². The highest BCUT2D eigenvalue weighted by molar-refractivity contribution is 4.86. The lowest BCUT2D eigenvalue weighted by Gasteiger charge is -2.10. The van der Waals surface area contributed by atoms with Gasteiger partial charge in [-0.05, 0) is 5.92 Å². The second-order valence-corrected chi connectivity index (χ2v) is 3.92. The highest BCUT2D eigenvalue weighted by atomic mass is 16.2. The first-order valence-electron chi connectivity index (χ1n) is 5.06. The molecular formula is C10H17N3O2. The highest BCUT2D eigenvalue weighted by Gasteiger charge is 2.05. The van der Waals surface area contributed by atoms with Gasteiger partial charge in [-0.3, -0.25) is 9.36 Å². The molecule has 2 N–H and O–H groups in total. The van der Waals surface area contributed by atoms with E-state index in [4.69, 9.17) is 5.73 Å². The SMILES string of the molecule is CC(C)Cn1ccc(=O)n(CCN)c1=O. The summed E-state index contributed by atoms with van der Waals surface area (Å²) in [6.45, 7) is 5.22. The molecule has 0 amide bonds. The molecule has 5 nitrogen and oxygen atoms in total. The van der Waals surface area contributed by atoms with E-state index in [1.165, 1.54) is 16.8 Å². The van der Waals surface area contributed by atoms with E-state index in [1.54, 1.807) is 4.57 Å². The van der Waals surface area contributed by atoms with Crippen LogP contribution in [0.4, 0.5) is 0 Å². The Morgan fingerprint density at radius 2 is 2.07 bits per heavy atom. The molecule has 0 bridgehead atoms. The first kappa shape index (κ1) is 11.7. The van der Waals surface area contributed by atoms with Crippen LogP contribution in [0, 0.1) is 5.92 Å². The van der Waals surface area contributed by atoms with Crippen LogP contribution in [0.3, 0.4) is 0 Å². The molecular weight excluding hydrogens is 194 g/mol. The van der Waals surface area contributed by atoms with Gasteiger partial charge in [0, 0.05) is 31.9 Å². The molecule has 0 saturated heterocycles. The quantitative estimate of drug-likeness (QED) is 0.738. The average Bonchev–Trinajstić information content (AvgIpc) is 2.16. The van der Waals surface area contributed by atoms with E-state index in [0.29, 0.717) is 19.0 Å². The number of nitrogens with two attached hydrogens (primary N) is 1. The summed E-state index contributed by atoms with van der Waals surface area (Å²) in [4.78, 5) is 23.1. The molecule has 1 rings (SSSR count). The summed E-state index contributed by atoms with van der Waals surface area (Å²) >= 11 is 0. The van der Waals surface area contributed by atoms with Crippen molar-refractivity contribution in [1.82, 2.24) is 9.13 Å². The Morgan fingerprint density at radius 1 is 1.40 bits per heavy atom. The Kier molecular flexibility index (Phi) is 3.85. The zero-order valence-electron chi connectivity index (χ0n) is 9.14. The second kappa shape index (κ2) is 4.93. The van der Waals surface area contributed by atoms with Gasteiger partial charge in [0.05, 0.1) is 0 Å². The molecule has 0 aromatic carbocycles. The molecule has 1 aromatic heterocycles. The maximum atomic E-state index is 11.8. The van der Waals surface area contributed by atoms with Crippen molar-refractivity contribution < 1.29 is 0 Å². The van der Waals surface area contributed by atoms with Crippen molar-refractivity contribution in [2.75, 3.05) is 6.54 Å². The first-order valence-corrected chi connectivity index (χ1v) is 5.06. The topological polar surface area (TPSA) is 70.0 Å². The molecule has 1 aromatic rings. The molecule has 0 saturated carbocycles. The number of nitrogens with zero attached hydrogens (tertiary/aromatic N) is 2. The smallest absolute Gasteiger partial charge is 0.329 e. The maximum Gasteiger partial charge on any atom is 0.331 e. The van der Waals surface area contributed by atoms with E-state index in [2.05, 4.69) is 0 Å². The van der Waals surface area contributed by atoms with Crippen molar-refractivity contribution in [3.05, 3.63) is 33.1 Å². The average molecular weight is 211 g/mol. The van der Waals surface area contributed by atoms with Crippen molar-refractivity contribution in [3.63, 3.8) is 0 Å². The third-order valence-corrected chi connectivity index (χ3v) is 2.05. The molecule has 0 spiro atoms. The fourth-order valence-corrected chi connectivity index (χ4v) is 1.42. The zero-order valence-corrected chi connectivity index (χ0v) is 9.14. The van der Waals surface area contributed by atoms with E-state index in [-0.39, 0.29) is 17.8 Å². The zero-order chi connectivity index (χ0) is 11.4. The lowest BCUT2D eigenvalue weighted by Crippen LogP contribution is -2.41. The van der Waals surface area contributed by atoms with E-state index in [9.17, 15) is 9.59 Å². The van der Waals surface area contributed by atoms with Gasteiger partial charge in [-0.1, -0.05) is 13.8 Å². The summed E-state index contributed by atoms with van der Waals surface area (Å²) in [7, 11) is 0. The van der Waals surface area contributed by atoms with Gasteiger partial charge in [-0.15, -0.1) is 0 Å². The maximum absolute atomic E-state index is 11.8. The van der Waals surface area contributed by atoms with Crippen molar-refractivity contribution in [3.8, 4) is 0 Å². The van der Waals surface area contributed by atoms with Crippen LogP contribution >= 0.6 is 0 Å². The van der Waals surface area contributed by atoms with E-state index in [0.717, 1.165) is 0 Å². The molecule has 5 heteroatoms. The minimum atomic E-state index is -0.287. The molecule has 84 valence electrons. The molecule has 0 radical (unpaired) electrons. The third kappa shape index (κ3) is 2.79. The fourth-order valence-electron chi connectivity index (χ4n) is 1.42. The fraction of sp³-hybridized carbons (Fsp3) is 0.600. The summed E-state index contributed by atoms with van der Waals surface area (Å²) in [5.41, 5.74) is 4.78. The summed E-state index contributed by atoms with van der Waals surface area (Å²) < 4.78 is 2.71. The van der Waals surface area contributed by atoms with Gasteiger partial charge in [-0.25, -0.2) is 4.79 Å². The van der Waals surface area contributed by atoms with Crippen LogP contribution in [0.15, 0.2) is 21.9 Å². The largest absolute Gasteiger partial charge is 0.331 e. The summed E-state index contributed by atoms with van der Waals surface area (Å²) in [6, 6.07) is 1.40. The Labute approximate surface area is 88.1 Å². The summed E-state index contributed by atoms with van der Waals surface area (Å²) in [6.07, 6.45) is 1.54. The van der Waals surface area contributed by atoms with Crippen LogP contribution < -0.4 is 17.0 Å². The number of hydrogen-bond acceptors (Lipinski definition) is 3. The van der Waals surface area contributed by atoms with Gasteiger partial charge >= 0.3 is 5.69 Å². The normalized spacial score (nSPS) is 10.9. The molecule has 1 heterocycles. The number of hydrogen-bond donors (Lipinski definition) is 1. The van der Waals surface area contributed by atoms with E-state index >= 15 is 0 Å². The standard InChI is InChI=1S/C10H17N3O2/c1-8(2)7-12-5-3-9(14)13(6-4-11)10(12)15/h3,5,8H,4,6-7,11H2,1-2H3. The van der Waals surface area contributed by atoms with Crippen molar-refractivity contribution >= 4 is 0 Å². The van der Waals surface area contributed by atoms with Gasteiger partial charge < -0.3 is 10.3 Å². The van der Waals surface area contributed by atoms with Gasteiger partial charge in [0.15, 0.2) is 0 Å². The molecule has 0 unspecified atom stereocenters. The van der Waals surface area contributed by atoms with Crippen molar-refractivity contribution in [2.45, 2.75) is 26.9 Å². The Morgan fingerprint density at radius 3 is 2.60 bits per heavy atom. The van der Waals surface area contributed by atoms with Crippen molar-refractivity contribution in [2.24, 2.45) is 11.7 Å². The first-order chi connectivity index (χ1) is 7.06. The number of aromatic nitrogens is 2.